The van der Waals surface area contributed by atoms with Crippen LogP contribution >= 0.6 is 0 Å². The van der Waals surface area contributed by atoms with Crippen molar-refractivity contribution in [3.8, 4) is 12.3 Å². The predicted octanol–water partition coefficient (Wildman–Crippen LogP) is 0.546. The van der Waals surface area contributed by atoms with Crippen LogP contribution in [0.3, 0.4) is 0 Å². The standard InChI is InChI=1S/C9H12O3S/c1-2-5-8(10)9-6-3-4-7-13(9,11)12/h1,9H,3-7H2. The third kappa shape index (κ3) is 2.31. The Morgan fingerprint density at radius 2 is 2.15 bits per heavy atom. The number of sulfone groups is 1. The number of terminal acetylenes is 1. The Hall–Kier alpha value is -0.820. The molecule has 1 atom stereocenters. The maximum absolute atomic E-state index is 11.4. The van der Waals surface area contributed by atoms with Crippen LogP contribution in [0.1, 0.15) is 25.7 Å². The summed E-state index contributed by atoms with van der Waals surface area (Å²) in [5.74, 6) is 2.00. The minimum atomic E-state index is -3.19. The van der Waals surface area contributed by atoms with Crippen molar-refractivity contribution in [1.29, 1.82) is 0 Å². The average molecular weight is 200 g/mol. The summed E-state index contributed by atoms with van der Waals surface area (Å²) in [6.45, 7) is 0. The molecular weight excluding hydrogens is 188 g/mol. The van der Waals surface area contributed by atoms with E-state index in [2.05, 4.69) is 5.92 Å². The van der Waals surface area contributed by atoms with Gasteiger partial charge in [0, 0.05) is 0 Å². The van der Waals surface area contributed by atoms with Gasteiger partial charge in [-0.1, -0.05) is 12.3 Å². The molecule has 3 nitrogen and oxygen atoms in total. The molecule has 0 aromatic carbocycles. The van der Waals surface area contributed by atoms with E-state index in [9.17, 15) is 13.2 Å². The highest BCUT2D eigenvalue weighted by atomic mass is 32.2. The van der Waals surface area contributed by atoms with E-state index in [1.54, 1.807) is 0 Å². The van der Waals surface area contributed by atoms with Gasteiger partial charge in [-0.2, -0.15) is 0 Å². The molecule has 0 bridgehead atoms. The van der Waals surface area contributed by atoms with Crippen molar-refractivity contribution in [2.24, 2.45) is 0 Å². The highest BCUT2D eigenvalue weighted by Gasteiger charge is 2.33. The lowest BCUT2D eigenvalue weighted by Crippen LogP contribution is -2.35. The Kier molecular flexibility index (Phi) is 3.10. The van der Waals surface area contributed by atoms with Crippen molar-refractivity contribution in [2.75, 3.05) is 5.75 Å². The van der Waals surface area contributed by atoms with Gasteiger partial charge in [0.1, 0.15) is 5.25 Å². The fraction of sp³-hybridized carbons (Fsp3) is 0.667. The number of ketones is 1. The molecule has 4 heteroatoms. The van der Waals surface area contributed by atoms with Gasteiger partial charge in [-0.3, -0.25) is 4.79 Å². The summed E-state index contributed by atoms with van der Waals surface area (Å²) in [7, 11) is -3.19. The quantitative estimate of drug-likeness (QED) is 0.611. The van der Waals surface area contributed by atoms with Crippen LogP contribution in [0.2, 0.25) is 0 Å². The second kappa shape index (κ2) is 3.93. The summed E-state index contributed by atoms with van der Waals surface area (Å²) in [5.41, 5.74) is 0. The van der Waals surface area contributed by atoms with Gasteiger partial charge < -0.3 is 0 Å². The molecule has 0 spiro atoms. The summed E-state index contributed by atoms with van der Waals surface area (Å²) in [4.78, 5) is 11.3. The zero-order chi connectivity index (χ0) is 9.90. The third-order valence-corrected chi connectivity index (χ3v) is 4.44. The van der Waals surface area contributed by atoms with Crippen molar-refractivity contribution >= 4 is 15.6 Å². The molecule has 0 aliphatic carbocycles. The van der Waals surface area contributed by atoms with Gasteiger partial charge in [0.2, 0.25) is 0 Å². The van der Waals surface area contributed by atoms with Crippen molar-refractivity contribution in [2.45, 2.75) is 30.9 Å². The number of carbonyl (C=O) groups excluding carboxylic acids is 1. The summed E-state index contributed by atoms with van der Waals surface area (Å²) in [6.07, 6.45) is 6.82. The van der Waals surface area contributed by atoms with Crippen LogP contribution in [0.15, 0.2) is 0 Å². The van der Waals surface area contributed by atoms with Gasteiger partial charge >= 0.3 is 0 Å². The van der Waals surface area contributed by atoms with E-state index in [-0.39, 0.29) is 18.0 Å². The van der Waals surface area contributed by atoms with Crippen molar-refractivity contribution in [3.05, 3.63) is 0 Å². The van der Waals surface area contributed by atoms with Crippen LogP contribution in [0.25, 0.3) is 0 Å². The Labute approximate surface area is 78.4 Å². The first-order chi connectivity index (χ1) is 6.08. The van der Waals surface area contributed by atoms with E-state index in [4.69, 9.17) is 6.42 Å². The second-order valence-electron chi connectivity index (χ2n) is 3.20. The second-order valence-corrected chi connectivity index (χ2v) is 5.50. The highest BCUT2D eigenvalue weighted by Crippen LogP contribution is 2.20. The van der Waals surface area contributed by atoms with E-state index < -0.39 is 15.1 Å². The van der Waals surface area contributed by atoms with Crippen molar-refractivity contribution in [3.63, 3.8) is 0 Å². The normalized spacial score (nSPS) is 26.2. The Bertz CT molecular complexity index is 334. The Balaban J connectivity index is 2.79. The molecule has 0 amide bonds. The lowest BCUT2D eigenvalue weighted by Gasteiger charge is -2.19. The van der Waals surface area contributed by atoms with Crippen LogP contribution in [0, 0.1) is 12.3 Å². The van der Waals surface area contributed by atoms with E-state index in [1.807, 2.05) is 0 Å². The maximum atomic E-state index is 11.4. The first kappa shape index (κ1) is 10.3. The van der Waals surface area contributed by atoms with Crippen molar-refractivity contribution < 1.29 is 13.2 Å². The molecule has 0 saturated carbocycles. The topological polar surface area (TPSA) is 51.2 Å². The molecule has 1 aliphatic rings. The molecule has 1 fully saturated rings. The summed E-state index contributed by atoms with van der Waals surface area (Å²) >= 11 is 0. The lowest BCUT2D eigenvalue weighted by atomic mass is 10.1. The van der Waals surface area contributed by atoms with E-state index in [0.29, 0.717) is 12.8 Å². The summed E-state index contributed by atoms with van der Waals surface area (Å²) < 4.78 is 22.8. The maximum Gasteiger partial charge on any atom is 0.162 e. The number of Topliss-reactive ketones (excluding diaryl/α,β-unsaturated/α-hetero) is 1. The van der Waals surface area contributed by atoms with E-state index in [0.717, 1.165) is 6.42 Å². The van der Waals surface area contributed by atoms with Gasteiger partial charge in [0.05, 0.1) is 12.2 Å². The molecule has 1 heterocycles. The van der Waals surface area contributed by atoms with Gasteiger partial charge in [0.25, 0.3) is 0 Å². The summed E-state index contributed by atoms with van der Waals surface area (Å²) in [6, 6.07) is 0. The largest absolute Gasteiger partial charge is 0.297 e. The monoisotopic (exact) mass is 200 g/mol. The average Bonchev–Trinajstić information content (AvgIpc) is 2.03. The van der Waals surface area contributed by atoms with E-state index in [1.165, 1.54) is 0 Å². The molecule has 0 N–H and O–H groups in total. The highest BCUT2D eigenvalue weighted by molar-refractivity contribution is 7.92. The fourth-order valence-electron chi connectivity index (χ4n) is 1.53. The molecule has 0 aromatic heterocycles. The number of hydrogen-bond donors (Lipinski definition) is 0. The molecule has 1 unspecified atom stereocenters. The first-order valence-electron chi connectivity index (χ1n) is 4.25. The molecule has 0 radical (unpaired) electrons. The molecule has 1 aliphatic heterocycles. The molecule has 1 rings (SSSR count). The SMILES string of the molecule is C#CCC(=O)C1CCCCS1(=O)=O. The van der Waals surface area contributed by atoms with Crippen LogP contribution in [-0.4, -0.2) is 25.2 Å². The zero-order valence-corrected chi connectivity index (χ0v) is 8.14. The zero-order valence-electron chi connectivity index (χ0n) is 7.32. The third-order valence-electron chi connectivity index (χ3n) is 2.21. The number of rotatable bonds is 2. The summed E-state index contributed by atoms with van der Waals surface area (Å²) in [5, 5.41) is -0.822. The first-order valence-corrected chi connectivity index (χ1v) is 5.97. The van der Waals surface area contributed by atoms with Crippen LogP contribution < -0.4 is 0 Å². The van der Waals surface area contributed by atoms with Gasteiger partial charge in [-0.25, -0.2) is 8.42 Å². The van der Waals surface area contributed by atoms with E-state index >= 15 is 0 Å². The molecule has 0 aromatic rings. The van der Waals surface area contributed by atoms with Crippen LogP contribution in [0.5, 0.6) is 0 Å². The number of carbonyl (C=O) groups is 1. The Morgan fingerprint density at radius 1 is 1.46 bits per heavy atom. The fourth-order valence-corrected chi connectivity index (χ4v) is 3.43. The smallest absolute Gasteiger partial charge is 0.162 e. The minimum absolute atomic E-state index is 0.0656. The lowest BCUT2D eigenvalue weighted by molar-refractivity contribution is -0.117. The Morgan fingerprint density at radius 3 is 2.69 bits per heavy atom. The molecule has 13 heavy (non-hydrogen) atoms. The van der Waals surface area contributed by atoms with Crippen molar-refractivity contribution in [1.82, 2.24) is 0 Å². The molecule has 72 valence electrons. The molecular formula is C9H12O3S. The van der Waals surface area contributed by atoms with Gasteiger partial charge in [-0.05, 0) is 12.8 Å². The van der Waals surface area contributed by atoms with Gasteiger partial charge in [-0.15, -0.1) is 6.42 Å². The number of hydrogen-bond acceptors (Lipinski definition) is 3. The van der Waals surface area contributed by atoms with Crippen LogP contribution in [0.4, 0.5) is 0 Å². The van der Waals surface area contributed by atoms with Gasteiger partial charge in [0.15, 0.2) is 15.6 Å². The molecule has 1 saturated heterocycles. The minimum Gasteiger partial charge on any atom is -0.297 e. The predicted molar refractivity (Wildman–Crippen MR) is 49.9 cm³/mol. The van der Waals surface area contributed by atoms with Crippen LogP contribution in [-0.2, 0) is 14.6 Å².